The molecule has 278 valence electrons. The van der Waals surface area contributed by atoms with Crippen LogP contribution in [0.3, 0.4) is 0 Å². The van der Waals surface area contributed by atoms with E-state index in [0.717, 1.165) is 17.1 Å². The molecule has 0 atom stereocenters. The van der Waals surface area contributed by atoms with Crippen LogP contribution in [-0.4, -0.2) is 0 Å². The van der Waals surface area contributed by atoms with Gasteiger partial charge in [0.05, 0.1) is 5.41 Å². The van der Waals surface area contributed by atoms with Gasteiger partial charge in [0.25, 0.3) is 0 Å². The molecule has 1 nitrogen and oxygen atoms in total. The fraction of sp³-hybridized carbons (Fsp3) is 0.0175. The first kappa shape index (κ1) is 34.9. The second-order valence-electron chi connectivity index (χ2n) is 15.3. The standard InChI is InChI=1S/C57H39NS/c1-5-16-40(17-6-1)42-28-33-48(34-29-42)58(50-25-15-20-44(38-50)41-18-7-2-8-19-41)49-35-30-43(31-36-49)45-32-37-51-53(39-45)57(46-21-9-3-10-22-46,47-23-11-4-12-24-47)55-52-26-13-14-27-54(52)59-56(51)55/h1-39H. The lowest BCUT2D eigenvalue weighted by molar-refractivity contribution is 0.777. The Morgan fingerprint density at radius 2 is 0.797 bits per heavy atom. The van der Waals surface area contributed by atoms with Crippen LogP contribution in [0.2, 0.25) is 0 Å². The number of fused-ring (bicyclic) bond motifs is 5. The number of hydrogen-bond donors (Lipinski definition) is 0. The minimum atomic E-state index is -0.463. The molecule has 59 heavy (non-hydrogen) atoms. The normalized spacial score (nSPS) is 12.5. The van der Waals surface area contributed by atoms with Gasteiger partial charge >= 0.3 is 0 Å². The van der Waals surface area contributed by atoms with Gasteiger partial charge in [0.2, 0.25) is 0 Å². The van der Waals surface area contributed by atoms with Crippen LogP contribution in [0.15, 0.2) is 237 Å². The zero-order valence-corrected chi connectivity index (χ0v) is 33.2. The Morgan fingerprint density at radius 3 is 1.41 bits per heavy atom. The van der Waals surface area contributed by atoms with E-state index in [9.17, 15) is 0 Å². The second-order valence-corrected chi connectivity index (χ2v) is 16.3. The minimum absolute atomic E-state index is 0.463. The quantitative estimate of drug-likeness (QED) is 0.149. The Labute approximate surface area is 349 Å². The van der Waals surface area contributed by atoms with Gasteiger partial charge in [0, 0.05) is 26.6 Å². The highest BCUT2D eigenvalue weighted by atomic mass is 32.1. The third-order valence-corrected chi connectivity index (χ3v) is 13.2. The lowest BCUT2D eigenvalue weighted by Gasteiger charge is -2.34. The van der Waals surface area contributed by atoms with Gasteiger partial charge in [-0.3, -0.25) is 0 Å². The van der Waals surface area contributed by atoms with E-state index >= 15 is 0 Å². The van der Waals surface area contributed by atoms with Crippen molar-refractivity contribution in [1.29, 1.82) is 0 Å². The van der Waals surface area contributed by atoms with Crippen LogP contribution < -0.4 is 4.90 Å². The lowest BCUT2D eigenvalue weighted by atomic mass is 9.67. The molecule has 9 aromatic carbocycles. The molecule has 11 rings (SSSR count). The highest BCUT2D eigenvalue weighted by Crippen LogP contribution is 2.61. The Kier molecular flexibility index (Phi) is 8.65. The number of hydrogen-bond acceptors (Lipinski definition) is 2. The summed E-state index contributed by atoms with van der Waals surface area (Å²) < 4.78 is 1.33. The van der Waals surface area contributed by atoms with E-state index in [1.165, 1.54) is 76.2 Å². The number of rotatable bonds is 8. The first-order valence-electron chi connectivity index (χ1n) is 20.3. The smallest absolute Gasteiger partial charge is 0.0728 e. The van der Waals surface area contributed by atoms with Crippen LogP contribution in [0.1, 0.15) is 22.3 Å². The molecular weight excluding hydrogens is 731 g/mol. The van der Waals surface area contributed by atoms with Crippen molar-refractivity contribution < 1.29 is 0 Å². The third-order valence-electron chi connectivity index (χ3n) is 12.0. The van der Waals surface area contributed by atoms with E-state index < -0.39 is 5.41 Å². The molecule has 0 saturated heterocycles. The van der Waals surface area contributed by atoms with Crippen LogP contribution in [-0.2, 0) is 5.41 Å². The van der Waals surface area contributed by atoms with Crippen molar-refractivity contribution in [1.82, 2.24) is 0 Å². The fourth-order valence-corrected chi connectivity index (χ4v) is 10.6. The van der Waals surface area contributed by atoms with Crippen LogP contribution in [0, 0.1) is 0 Å². The van der Waals surface area contributed by atoms with Crippen molar-refractivity contribution in [2.24, 2.45) is 0 Å². The summed E-state index contributed by atoms with van der Waals surface area (Å²) in [5.41, 5.74) is 16.7. The molecule has 1 aliphatic carbocycles. The van der Waals surface area contributed by atoms with E-state index in [0.29, 0.717) is 0 Å². The van der Waals surface area contributed by atoms with Gasteiger partial charge in [-0.1, -0.05) is 188 Å². The Morgan fingerprint density at radius 1 is 0.339 bits per heavy atom. The summed E-state index contributed by atoms with van der Waals surface area (Å²) in [5, 5.41) is 1.33. The summed E-state index contributed by atoms with van der Waals surface area (Å²) in [5.74, 6) is 0. The summed E-state index contributed by atoms with van der Waals surface area (Å²) in [6, 6.07) is 86.5. The van der Waals surface area contributed by atoms with Gasteiger partial charge in [0.15, 0.2) is 0 Å². The predicted octanol–water partition coefficient (Wildman–Crippen LogP) is 15.7. The minimum Gasteiger partial charge on any atom is -0.310 e. The van der Waals surface area contributed by atoms with Crippen molar-refractivity contribution in [3.8, 4) is 43.8 Å². The Hall–Kier alpha value is -7.26. The molecule has 0 aliphatic heterocycles. The molecule has 1 heterocycles. The average molecular weight is 770 g/mol. The van der Waals surface area contributed by atoms with Crippen molar-refractivity contribution in [3.63, 3.8) is 0 Å². The van der Waals surface area contributed by atoms with Crippen LogP contribution in [0.4, 0.5) is 17.1 Å². The molecule has 0 amide bonds. The van der Waals surface area contributed by atoms with Crippen molar-refractivity contribution >= 4 is 38.5 Å². The number of anilines is 3. The molecule has 0 saturated carbocycles. The Balaban J connectivity index is 1.04. The summed E-state index contributed by atoms with van der Waals surface area (Å²) in [7, 11) is 0. The van der Waals surface area contributed by atoms with Gasteiger partial charge in [-0.25, -0.2) is 0 Å². The summed E-state index contributed by atoms with van der Waals surface area (Å²) >= 11 is 1.92. The predicted molar refractivity (Wildman–Crippen MR) is 250 cm³/mol. The van der Waals surface area contributed by atoms with E-state index in [1.54, 1.807) is 0 Å². The summed E-state index contributed by atoms with van der Waals surface area (Å²) in [6.45, 7) is 0. The molecular formula is C57H39NS. The van der Waals surface area contributed by atoms with Gasteiger partial charge in [-0.05, 0) is 115 Å². The molecule has 1 aliphatic rings. The highest BCUT2D eigenvalue weighted by molar-refractivity contribution is 7.22. The maximum Gasteiger partial charge on any atom is 0.0728 e. The maximum absolute atomic E-state index is 2.47. The molecule has 2 heteroatoms. The molecule has 0 radical (unpaired) electrons. The highest BCUT2D eigenvalue weighted by Gasteiger charge is 2.48. The number of benzene rings is 9. The first-order valence-corrected chi connectivity index (χ1v) is 21.1. The fourth-order valence-electron chi connectivity index (χ4n) is 9.26. The molecule has 0 N–H and O–H groups in total. The molecule has 0 spiro atoms. The summed E-state index contributed by atoms with van der Waals surface area (Å²) in [4.78, 5) is 3.73. The third kappa shape index (κ3) is 5.92. The van der Waals surface area contributed by atoms with Gasteiger partial charge in [-0.15, -0.1) is 11.3 Å². The van der Waals surface area contributed by atoms with Crippen LogP contribution in [0.25, 0.3) is 53.9 Å². The van der Waals surface area contributed by atoms with E-state index in [4.69, 9.17) is 0 Å². The first-order chi connectivity index (χ1) is 29.3. The molecule has 0 unspecified atom stereocenters. The SMILES string of the molecule is c1ccc(-c2ccc(N(c3ccc(-c4ccc5c(c4)C(c4ccccc4)(c4ccccc4)c4c-5sc5ccccc45)cc3)c3cccc(-c4ccccc4)c3)cc2)cc1. The van der Waals surface area contributed by atoms with Crippen LogP contribution >= 0.6 is 11.3 Å². The number of thiophene rings is 1. The van der Waals surface area contributed by atoms with Gasteiger partial charge < -0.3 is 4.90 Å². The van der Waals surface area contributed by atoms with E-state index in [1.807, 2.05) is 11.3 Å². The largest absolute Gasteiger partial charge is 0.310 e. The molecule has 0 fully saturated rings. The Bertz CT molecular complexity index is 3020. The molecule has 10 aromatic rings. The van der Waals surface area contributed by atoms with Crippen molar-refractivity contribution in [2.75, 3.05) is 4.90 Å². The maximum atomic E-state index is 2.47. The van der Waals surface area contributed by atoms with Gasteiger partial charge in [0.1, 0.15) is 0 Å². The zero-order valence-electron chi connectivity index (χ0n) is 32.4. The van der Waals surface area contributed by atoms with Crippen molar-refractivity contribution in [3.05, 3.63) is 259 Å². The van der Waals surface area contributed by atoms with Crippen molar-refractivity contribution in [2.45, 2.75) is 5.41 Å². The molecule has 0 bridgehead atoms. The molecule has 1 aromatic heterocycles. The van der Waals surface area contributed by atoms with Gasteiger partial charge in [-0.2, -0.15) is 0 Å². The zero-order chi connectivity index (χ0) is 39.2. The second kappa shape index (κ2) is 14.6. The lowest BCUT2D eigenvalue weighted by Crippen LogP contribution is -2.28. The number of nitrogens with zero attached hydrogens (tertiary/aromatic N) is 1. The topological polar surface area (TPSA) is 3.24 Å². The summed E-state index contributed by atoms with van der Waals surface area (Å²) in [6.07, 6.45) is 0. The van der Waals surface area contributed by atoms with Crippen LogP contribution in [0.5, 0.6) is 0 Å². The monoisotopic (exact) mass is 769 g/mol. The average Bonchev–Trinajstić information content (AvgIpc) is 3.84. The van der Waals surface area contributed by atoms with E-state index in [-0.39, 0.29) is 0 Å². The van der Waals surface area contributed by atoms with E-state index in [2.05, 4.69) is 241 Å².